The number of aromatic nitrogens is 2. The van der Waals surface area contributed by atoms with Crippen molar-refractivity contribution in [1.29, 1.82) is 0 Å². The third-order valence-electron chi connectivity index (χ3n) is 4.66. The number of nitrogens with zero attached hydrogens (tertiary/aromatic N) is 2. The average molecular weight is 328 g/mol. The molecule has 128 valence electrons. The molecule has 0 spiro atoms. The molecule has 1 saturated carbocycles. The van der Waals surface area contributed by atoms with Crippen LogP contribution in [0, 0.1) is 0 Å². The van der Waals surface area contributed by atoms with E-state index in [0.717, 1.165) is 42.4 Å². The largest absolute Gasteiger partial charge is 0.394 e. The molecule has 0 saturated heterocycles. The van der Waals surface area contributed by atoms with Gasteiger partial charge in [0, 0.05) is 25.4 Å². The second-order valence-electron chi connectivity index (χ2n) is 6.56. The third kappa shape index (κ3) is 3.76. The summed E-state index contributed by atoms with van der Waals surface area (Å²) in [6.45, 7) is 0.443. The number of amides is 2. The van der Waals surface area contributed by atoms with E-state index in [-0.39, 0.29) is 12.6 Å². The zero-order valence-electron chi connectivity index (χ0n) is 14.0. The molecule has 1 aromatic carbocycles. The van der Waals surface area contributed by atoms with Gasteiger partial charge in [-0.05, 0) is 30.0 Å². The van der Waals surface area contributed by atoms with Crippen molar-refractivity contribution in [3.8, 4) is 11.1 Å². The number of carbonyl (C=O) groups is 1. The zero-order chi connectivity index (χ0) is 17.0. The monoisotopic (exact) mass is 328 g/mol. The van der Waals surface area contributed by atoms with Gasteiger partial charge in [-0.15, -0.1) is 0 Å². The molecule has 1 aliphatic carbocycles. The summed E-state index contributed by atoms with van der Waals surface area (Å²) in [5, 5.41) is 19.6. The van der Waals surface area contributed by atoms with Crippen LogP contribution in [0.4, 0.5) is 4.79 Å². The van der Waals surface area contributed by atoms with E-state index in [1.807, 2.05) is 37.6 Å². The van der Waals surface area contributed by atoms with Gasteiger partial charge in [0.2, 0.25) is 0 Å². The first-order chi connectivity index (χ1) is 11.6. The van der Waals surface area contributed by atoms with Crippen LogP contribution in [-0.4, -0.2) is 33.1 Å². The zero-order valence-corrected chi connectivity index (χ0v) is 14.0. The molecule has 2 aromatic rings. The van der Waals surface area contributed by atoms with Crippen molar-refractivity contribution in [3.05, 3.63) is 42.2 Å². The van der Waals surface area contributed by atoms with Gasteiger partial charge >= 0.3 is 6.03 Å². The standard InChI is InChI=1S/C18H24N4O2/c1-22-12-16(11-20-22)15-6-4-5-14(9-15)10-19-17(24)21-18(13-23)7-2-3-8-18/h4-6,9,11-12,23H,2-3,7-8,10,13H2,1H3,(H2,19,21,24). The molecule has 1 heterocycles. The van der Waals surface area contributed by atoms with Crippen molar-refractivity contribution in [1.82, 2.24) is 20.4 Å². The minimum atomic E-state index is -0.443. The number of aliphatic hydroxyl groups is 1. The van der Waals surface area contributed by atoms with E-state index in [4.69, 9.17) is 0 Å². The second-order valence-corrected chi connectivity index (χ2v) is 6.56. The first kappa shape index (κ1) is 16.5. The van der Waals surface area contributed by atoms with Gasteiger partial charge in [0.05, 0.1) is 18.3 Å². The quantitative estimate of drug-likeness (QED) is 0.787. The summed E-state index contributed by atoms with van der Waals surface area (Å²) >= 11 is 0. The molecule has 0 unspecified atom stereocenters. The van der Waals surface area contributed by atoms with Crippen molar-refractivity contribution in [2.45, 2.75) is 37.8 Å². The highest BCUT2D eigenvalue weighted by Crippen LogP contribution is 2.29. The lowest BCUT2D eigenvalue weighted by atomic mass is 9.99. The predicted molar refractivity (Wildman–Crippen MR) is 92.3 cm³/mol. The molecule has 3 rings (SSSR count). The highest BCUT2D eigenvalue weighted by atomic mass is 16.3. The molecule has 1 fully saturated rings. The SMILES string of the molecule is Cn1cc(-c2cccc(CNC(=O)NC3(CO)CCCC3)c2)cn1. The highest BCUT2D eigenvalue weighted by Gasteiger charge is 2.34. The maximum absolute atomic E-state index is 12.1. The Balaban J connectivity index is 1.59. The molecule has 0 bridgehead atoms. The Bertz CT molecular complexity index is 705. The molecule has 6 nitrogen and oxygen atoms in total. The molecule has 1 aromatic heterocycles. The van der Waals surface area contributed by atoms with Gasteiger partial charge in [-0.1, -0.05) is 31.0 Å². The van der Waals surface area contributed by atoms with E-state index < -0.39 is 5.54 Å². The van der Waals surface area contributed by atoms with Gasteiger partial charge in [-0.3, -0.25) is 4.68 Å². The van der Waals surface area contributed by atoms with E-state index >= 15 is 0 Å². The minimum Gasteiger partial charge on any atom is -0.394 e. The number of hydrogen-bond acceptors (Lipinski definition) is 3. The first-order valence-electron chi connectivity index (χ1n) is 8.35. The third-order valence-corrected chi connectivity index (χ3v) is 4.66. The van der Waals surface area contributed by atoms with Crippen LogP contribution in [0.2, 0.25) is 0 Å². The number of rotatable bonds is 5. The molecule has 1 aliphatic rings. The van der Waals surface area contributed by atoms with E-state index in [1.54, 1.807) is 4.68 Å². The summed E-state index contributed by atoms with van der Waals surface area (Å²) in [7, 11) is 1.89. The van der Waals surface area contributed by atoms with Gasteiger partial charge < -0.3 is 15.7 Å². The van der Waals surface area contributed by atoms with Gasteiger partial charge in [0.15, 0.2) is 0 Å². The van der Waals surface area contributed by atoms with Crippen LogP contribution in [0.5, 0.6) is 0 Å². The van der Waals surface area contributed by atoms with E-state index in [0.29, 0.717) is 6.54 Å². The predicted octanol–water partition coefficient (Wildman–Crippen LogP) is 2.19. The fourth-order valence-electron chi connectivity index (χ4n) is 3.27. The van der Waals surface area contributed by atoms with Crippen molar-refractivity contribution in [3.63, 3.8) is 0 Å². The number of carbonyl (C=O) groups excluding carboxylic acids is 1. The topological polar surface area (TPSA) is 79.2 Å². The Kier molecular flexibility index (Phi) is 4.85. The van der Waals surface area contributed by atoms with Crippen molar-refractivity contribution in [2.24, 2.45) is 7.05 Å². The Labute approximate surface area is 141 Å². The fraction of sp³-hybridized carbons (Fsp3) is 0.444. The van der Waals surface area contributed by atoms with Crippen LogP contribution in [0.1, 0.15) is 31.2 Å². The Morgan fingerprint density at radius 1 is 1.33 bits per heavy atom. The maximum atomic E-state index is 12.1. The normalized spacial score (nSPS) is 16.1. The van der Waals surface area contributed by atoms with Crippen LogP contribution < -0.4 is 10.6 Å². The average Bonchev–Trinajstić information content (AvgIpc) is 3.23. The smallest absolute Gasteiger partial charge is 0.315 e. The summed E-state index contributed by atoms with van der Waals surface area (Å²) in [5.41, 5.74) is 2.71. The van der Waals surface area contributed by atoms with Gasteiger partial charge in [0.25, 0.3) is 0 Å². The Morgan fingerprint density at radius 2 is 2.12 bits per heavy atom. The Morgan fingerprint density at radius 3 is 2.79 bits per heavy atom. The number of hydrogen-bond donors (Lipinski definition) is 3. The van der Waals surface area contributed by atoms with E-state index in [2.05, 4.69) is 21.8 Å². The number of aryl methyl sites for hydroxylation is 1. The first-order valence-corrected chi connectivity index (χ1v) is 8.35. The molecular formula is C18H24N4O2. The number of aliphatic hydroxyl groups excluding tert-OH is 1. The van der Waals surface area contributed by atoms with Crippen LogP contribution in [0.25, 0.3) is 11.1 Å². The summed E-state index contributed by atoms with van der Waals surface area (Å²) in [4.78, 5) is 12.1. The molecule has 0 radical (unpaired) electrons. The van der Waals surface area contributed by atoms with Crippen LogP contribution in [0.3, 0.4) is 0 Å². The van der Waals surface area contributed by atoms with E-state index in [9.17, 15) is 9.90 Å². The van der Waals surface area contributed by atoms with Gasteiger partial charge in [-0.2, -0.15) is 5.10 Å². The molecule has 3 N–H and O–H groups in total. The van der Waals surface area contributed by atoms with E-state index in [1.165, 1.54) is 0 Å². The molecular weight excluding hydrogens is 304 g/mol. The van der Waals surface area contributed by atoms with Crippen LogP contribution in [0.15, 0.2) is 36.7 Å². The molecule has 2 amide bonds. The number of urea groups is 1. The van der Waals surface area contributed by atoms with Crippen LogP contribution in [-0.2, 0) is 13.6 Å². The maximum Gasteiger partial charge on any atom is 0.315 e. The molecule has 24 heavy (non-hydrogen) atoms. The van der Waals surface area contributed by atoms with Crippen molar-refractivity contribution < 1.29 is 9.90 Å². The second kappa shape index (κ2) is 7.05. The van der Waals surface area contributed by atoms with Gasteiger partial charge in [0.1, 0.15) is 0 Å². The lowest BCUT2D eigenvalue weighted by molar-refractivity contribution is 0.163. The summed E-state index contributed by atoms with van der Waals surface area (Å²) < 4.78 is 1.77. The summed E-state index contributed by atoms with van der Waals surface area (Å²) in [6, 6.07) is 7.81. The molecule has 0 atom stereocenters. The number of benzene rings is 1. The summed E-state index contributed by atoms with van der Waals surface area (Å²) in [6.07, 6.45) is 7.57. The lowest BCUT2D eigenvalue weighted by Crippen LogP contribution is -2.52. The highest BCUT2D eigenvalue weighted by molar-refractivity contribution is 5.75. The van der Waals surface area contributed by atoms with Gasteiger partial charge in [-0.25, -0.2) is 4.79 Å². The fourth-order valence-corrected chi connectivity index (χ4v) is 3.27. The molecule has 0 aliphatic heterocycles. The number of nitrogens with one attached hydrogen (secondary N) is 2. The van der Waals surface area contributed by atoms with Crippen LogP contribution >= 0.6 is 0 Å². The van der Waals surface area contributed by atoms with Crippen molar-refractivity contribution in [2.75, 3.05) is 6.61 Å². The lowest BCUT2D eigenvalue weighted by Gasteiger charge is -2.28. The minimum absolute atomic E-state index is 0.00306. The molecule has 6 heteroatoms. The summed E-state index contributed by atoms with van der Waals surface area (Å²) in [5.74, 6) is 0. The Hall–Kier alpha value is -2.34. The van der Waals surface area contributed by atoms with Crippen molar-refractivity contribution >= 4 is 6.03 Å².